The van der Waals surface area contributed by atoms with E-state index < -0.39 is 0 Å². The number of benzene rings is 1. The summed E-state index contributed by atoms with van der Waals surface area (Å²) in [6.45, 7) is 1.18. The number of hydrogen-bond acceptors (Lipinski definition) is 4. The Morgan fingerprint density at radius 1 is 1.23 bits per heavy atom. The fourth-order valence-corrected chi connectivity index (χ4v) is 4.57. The molecule has 5 rings (SSSR count). The quantitative estimate of drug-likeness (QED) is 0.650. The second-order valence-electron chi connectivity index (χ2n) is 8.38. The lowest BCUT2D eigenvalue weighted by molar-refractivity contribution is -0.123. The van der Waals surface area contributed by atoms with Gasteiger partial charge in [-0.3, -0.25) is 14.5 Å². The highest BCUT2D eigenvalue weighted by atomic mass is 16.5. The van der Waals surface area contributed by atoms with Gasteiger partial charge < -0.3 is 10.1 Å². The Balaban J connectivity index is 1.35. The van der Waals surface area contributed by atoms with E-state index in [1.54, 1.807) is 13.3 Å². The van der Waals surface area contributed by atoms with Crippen molar-refractivity contribution in [2.24, 2.45) is 11.3 Å². The lowest BCUT2D eigenvalue weighted by Crippen LogP contribution is -2.32. The van der Waals surface area contributed by atoms with Gasteiger partial charge in [-0.05, 0) is 55.0 Å². The lowest BCUT2D eigenvalue weighted by atomic mass is 9.80. The Kier molecular flexibility index (Phi) is 4.77. The fraction of sp³-hybridized carbons (Fsp3) is 0.375. The van der Waals surface area contributed by atoms with Gasteiger partial charge in [0, 0.05) is 36.0 Å². The number of ether oxygens (including phenoxy) is 1. The number of carbonyl (C=O) groups excluding carboxylic acids is 1. The van der Waals surface area contributed by atoms with Crippen LogP contribution in [0.25, 0.3) is 22.5 Å². The molecule has 0 saturated heterocycles. The second kappa shape index (κ2) is 7.59. The fourth-order valence-electron chi connectivity index (χ4n) is 4.57. The average molecular weight is 402 g/mol. The van der Waals surface area contributed by atoms with Gasteiger partial charge in [0.05, 0.1) is 25.0 Å². The number of methoxy groups -OCH3 is 1. The second-order valence-corrected chi connectivity index (χ2v) is 8.38. The number of hydrogen-bond donors (Lipinski definition) is 1. The third-order valence-electron chi connectivity index (χ3n) is 6.58. The van der Waals surface area contributed by atoms with E-state index >= 15 is 0 Å². The predicted molar refractivity (Wildman–Crippen MR) is 115 cm³/mol. The zero-order valence-electron chi connectivity index (χ0n) is 17.2. The molecule has 0 radical (unpaired) electrons. The summed E-state index contributed by atoms with van der Waals surface area (Å²) in [4.78, 5) is 16.7. The minimum absolute atomic E-state index is 0.206. The molecule has 6 heteroatoms. The van der Waals surface area contributed by atoms with Crippen molar-refractivity contribution in [3.05, 3.63) is 54.9 Å². The third kappa shape index (κ3) is 3.47. The van der Waals surface area contributed by atoms with Crippen LogP contribution >= 0.6 is 0 Å². The first kappa shape index (κ1) is 18.9. The highest BCUT2D eigenvalue weighted by molar-refractivity contribution is 5.82. The van der Waals surface area contributed by atoms with Crippen LogP contribution in [0.2, 0.25) is 0 Å². The predicted octanol–water partition coefficient (Wildman–Crippen LogP) is 3.93. The molecule has 2 saturated carbocycles. The van der Waals surface area contributed by atoms with Gasteiger partial charge in [0.2, 0.25) is 5.91 Å². The highest BCUT2D eigenvalue weighted by Gasteiger charge is 2.60. The van der Waals surface area contributed by atoms with Crippen LogP contribution < -0.4 is 10.1 Å². The van der Waals surface area contributed by atoms with Gasteiger partial charge >= 0.3 is 0 Å². The van der Waals surface area contributed by atoms with Gasteiger partial charge in [-0.1, -0.05) is 18.6 Å². The largest absolute Gasteiger partial charge is 0.497 e. The molecule has 2 aromatic heterocycles. The maximum Gasteiger partial charge on any atom is 0.223 e. The van der Waals surface area contributed by atoms with E-state index in [4.69, 9.17) is 9.84 Å². The monoisotopic (exact) mass is 402 g/mol. The Morgan fingerprint density at radius 2 is 2.10 bits per heavy atom. The van der Waals surface area contributed by atoms with E-state index in [2.05, 4.69) is 16.4 Å². The molecule has 2 heterocycles. The van der Waals surface area contributed by atoms with Crippen LogP contribution in [0.3, 0.4) is 0 Å². The molecule has 2 aliphatic carbocycles. The van der Waals surface area contributed by atoms with Gasteiger partial charge in [-0.25, -0.2) is 0 Å². The highest BCUT2D eigenvalue weighted by Crippen LogP contribution is 2.65. The Morgan fingerprint density at radius 3 is 2.80 bits per heavy atom. The van der Waals surface area contributed by atoms with Crippen molar-refractivity contribution in [2.45, 2.75) is 32.2 Å². The van der Waals surface area contributed by atoms with E-state index in [0.717, 1.165) is 34.7 Å². The molecule has 0 aliphatic heterocycles. The standard InChI is InChI=1S/C24H26N4O2/c1-30-19-7-2-5-17(13-19)22-14-21(18-6-3-10-25-16-18)27-28(22)12-11-26-23(29)20-15-24(20)8-4-9-24/h2-3,5-7,10,13-14,16,20H,4,8-9,11-12,15H2,1H3,(H,26,29)/t20-/m0/s1. The average Bonchev–Trinajstić information content (AvgIpc) is 3.41. The zero-order valence-corrected chi connectivity index (χ0v) is 17.2. The minimum atomic E-state index is 0.206. The number of pyridine rings is 1. The van der Waals surface area contributed by atoms with E-state index in [-0.39, 0.29) is 11.8 Å². The van der Waals surface area contributed by atoms with Crippen molar-refractivity contribution in [2.75, 3.05) is 13.7 Å². The van der Waals surface area contributed by atoms with Gasteiger partial charge in [-0.15, -0.1) is 0 Å². The zero-order chi connectivity index (χ0) is 20.6. The summed E-state index contributed by atoms with van der Waals surface area (Å²) < 4.78 is 7.35. The molecule has 3 aromatic rings. The topological polar surface area (TPSA) is 69.0 Å². The molecular formula is C24H26N4O2. The van der Waals surface area contributed by atoms with Crippen LogP contribution in [0.5, 0.6) is 5.75 Å². The molecule has 1 amide bonds. The van der Waals surface area contributed by atoms with Crippen molar-refractivity contribution in [1.82, 2.24) is 20.1 Å². The first-order chi connectivity index (χ1) is 14.7. The minimum Gasteiger partial charge on any atom is -0.497 e. The van der Waals surface area contributed by atoms with Crippen molar-refractivity contribution in [3.63, 3.8) is 0 Å². The molecule has 2 aliphatic rings. The molecule has 30 heavy (non-hydrogen) atoms. The molecule has 0 unspecified atom stereocenters. The van der Waals surface area contributed by atoms with Crippen LogP contribution in [0.1, 0.15) is 25.7 Å². The molecule has 1 spiro atoms. The van der Waals surface area contributed by atoms with Crippen molar-refractivity contribution >= 4 is 5.91 Å². The summed E-state index contributed by atoms with van der Waals surface area (Å²) in [5.74, 6) is 1.24. The molecule has 2 fully saturated rings. The van der Waals surface area contributed by atoms with Crippen LogP contribution in [0, 0.1) is 11.3 Å². The molecule has 1 atom stereocenters. The number of rotatable bonds is 7. The Bertz CT molecular complexity index is 1060. The number of carbonyl (C=O) groups is 1. The van der Waals surface area contributed by atoms with Crippen molar-refractivity contribution < 1.29 is 9.53 Å². The van der Waals surface area contributed by atoms with E-state index in [1.807, 2.05) is 47.3 Å². The third-order valence-corrected chi connectivity index (χ3v) is 6.58. The number of aromatic nitrogens is 3. The van der Waals surface area contributed by atoms with E-state index in [9.17, 15) is 4.79 Å². The molecule has 1 aromatic carbocycles. The number of nitrogens with one attached hydrogen (secondary N) is 1. The maximum atomic E-state index is 12.5. The number of nitrogens with zero attached hydrogens (tertiary/aromatic N) is 3. The van der Waals surface area contributed by atoms with Crippen molar-refractivity contribution in [3.8, 4) is 28.3 Å². The molecule has 1 N–H and O–H groups in total. The summed E-state index contributed by atoms with van der Waals surface area (Å²) in [6.07, 6.45) is 8.36. The lowest BCUT2D eigenvalue weighted by Gasteiger charge is -2.26. The summed E-state index contributed by atoms with van der Waals surface area (Å²) in [6, 6.07) is 13.9. The normalized spacial score (nSPS) is 18.6. The van der Waals surface area contributed by atoms with Gasteiger partial charge in [0.15, 0.2) is 0 Å². The molecule has 6 nitrogen and oxygen atoms in total. The molecule has 0 bridgehead atoms. The Hall–Kier alpha value is -3.15. The van der Waals surface area contributed by atoms with E-state index in [1.165, 1.54) is 19.3 Å². The summed E-state index contributed by atoms with van der Waals surface area (Å²) in [7, 11) is 1.67. The Labute approximate surface area is 176 Å². The van der Waals surface area contributed by atoms with Crippen LogP contribution in [0.15, 0.2) is 54.9 Å². The summed E-state index contributed by atoms with van der Waals surface area (Å²) in [5.41, 5.74) is 4.20. The first-order valence-corrected chi connectivity index (χ1v) is 10.6. The molecular weight excluding hydrogens is 376 g/mol. The van der Waals surface area contributed by atoms with Gasteiger partial charge in [0.25, 0.3) is 0 Å². The van der Waals surface area contributed by atoms with Crippen LogP contribution in [0.4, 0.5) is 0 Å². The summed E-state index contributed by atoms with van der Waals surface area (Å²) >= 11 is 0. The number of amides is 1. The first-order valence-electron chi connectivity index (χ1n) is 10.6. The van der Waals surface area contributed by atoms with Crippen molar-refractivity contribution in [1.29, 1.82) is 0 Å². The van der Waals surface area contributed by atoms with Gasteiger partial charge in [0.1, 0.15) is 5.75 Å². The summed E-state index contributed by atoms with van der Waals surface area (Å²) in [5, 5.41) is 7.94. The SMILES string of the molecule is COc1cccc(-c2cc(-c3cccnc3)nn2CCNC(=O)[C@@H]2CC23CCC3)c1. The maximum absolute atomic E-state index is 12.5. The van der Waals surface area contributed by atoms with Gasteiger partial charge in [-0.2, -0.15) is 5.10 Å². The van der Waals surface area contributed by atoms with Crippen LogP contribution in [-0.2, 0) is 11.3 Å². The molecule has 154 valence electrons. The van der Waals surface area contributed by atoms with Crippen LogP contribution in [-0.4, -0.2) is 34.3 Å². The van der Waals surface area contributed by atoms with E-state index in [0.29, 0.717) is 18.5 Å². The smallest absolute Gasteiger partial charge is 0.223 e.